The van der Waals surface area contributed by atoms with Crippen molar-refractivity contribution >= 4 is 0 Å². The third-order valence-corrected chi connectivity index (χ3v) is 2.93. The van der Waals surface area contributed by atoms with E-state index in [-0.39, 0.29) is 6.04 Å². The molecule has 0 aromatic carbocycles. The van der Waals surface area contributed by atoms with Crippen LogP contribution in [0.5, 0.6) is 0 Å². The topological polar surface area (TPSA) is 69.6 Å². The standard InChI is InChI=1S/C13H19N5/c1-2-8-18-13(10-16-17-18)12(14)6-5-11-4-3-7-15-9-11/h3-4,7,9-10,12H,2,5-6,8,14H2,1H3. The molecule has 5 heteroatoms. The van der Waals surface area contributed by atoms with E-state index in [1.54, 1.807) is 12.4 Å². The molecule has 0 bridgehead atoms. The van der Waals surface area contributed by atoms with E-state index in [1.807, 2.05) is 16.9 Å². The molecule has 0 aliphatic heterocycles. The molecule has 2 rings (SSSR count). The zero-order chi connectivity index (χ0) is 12.8. The van der Waals surface area contributed by atoms with E-state index in [1.165, 1.54) is 5.56 Å². The maximum absolute atomic E-state index is 6.20. The number of aryl methyl sites for hydroxylation is 2. The minimum atomic E-state index is -0.0215. The van der Waals surface area contributed by atoms with Gasteiger partial charge in [0.15, 0.2) is 0 Å². The van der Waals surface area contributed by atoms with E-state index < -0.39 is 0 Å². The summed E-state index contributed by atoms with van der Waals surface area (Å²) in [6.45, 7) is 2.99. The van der Waals surface area contributed by atoms with Crippen molar-refractivity contribution in [2.45, 2.75) is 38.8 Å². The van der Waals surface area contributed by atoms with Crippen molar-refractivity contribution in [3.05, 3.63) is 42.0 Å². The lowest BCUT2D eigenvalue weighted by Gasteiger charge is -2.12. The molecule has 0 fully saturated rings. The fraction of sp³-hybridized carbons (Fsp3) is 0.462. The number of hydrogen-bond acceptors (Lipinski definition) is 4. The fourth-order valence-electron chi connectivity index (χ4n) is 1.95. The minimum absolute atomic E-state index is 0.0215. The highest BCUT2D eigenvalue weighted by molar-refractivity contribution is 5.10. The second-order valence-corrected chi connectivity index (χ2v) is 4.39. The maximum atomic E-state index is 6.20. The van der Waals surface area contributed by atoms with Crippen molar-refractivity contribution in [3.63, 3.8) is 0 Å². The first-order valence-corrected chi connectivity index (χ1v) is 6.34. The summed E-state index contributed by atoms with van der Waals surface area (Å²) in [5.41, 5.74) is 8.42. The number of pyridine rings is 1. The van der Waals surface area contributed by atoms with Crippen LogP contribution in [-0.4, -0.2) is 20.0 Å². The van der Waals surface area contributed by atoms with Crippen LogP contribution in [0.25, 0.3) is 0 Å². The summed E-state index contributed by atoms with van der Waals surface area (Å²) in [7, 11) is 0. The van der Waals surface area contributed by atoms with Crippen LogP contribution in [-0.2, 0) is 13.0 Å². The van der Waals surface area contributed by atoms with Crippen LogP contribution in [0, 0.1) is 0 Å². The van der Waals surface area contributed by atoms with Gasteiger partial charge in [-0.05, 0) is 30.9 Å². The molecule has 0 radical (unpaired) electrons. The molecule has 96 valence electrons. The smallest absolute Gasteiger partial charge is 0.0754 e. The van der Waals surface area contributed by atoms with E-state index in [0.717, 1.165) is 31.5 Å². The van der Waals surface area contributed by atoms with Crippen molar-refractivity contribution in [1.29, 1.82) is 0 Å². The van der Waals surface area contributed by atoms with Gasteiger partial charge in [-0.2, -0.15) is 0 Å². The summed E-state index contributed by atoms with van der Waals surface area (Å²) in [5, 5.41) is 7.99. The summed E-state index contributed by atoms with van der Waals surface area (Å²) in [5.74, 6) is 0. The van der Waals surface area contributed by atoms with Gasteiger partial charge in [0.25, 0.3) is 0 Å². The van der Waals surface area contributed by atoms with Gasteiger partial charge in [0, 0.05) is 25.0 Å². The van der Waals surface area contributed by atoms with Crippen LogP contribution in [0.1, 0.15) is 37.1 Å². The van der Waals surface area contributed by atoms with E-state index in [2.05, 4.69) is 28.3 Å². The van der Waals surface area contributed by atoms with Crippen molar-refractivity contribution in [3.8, 4) is 0 Å². The molecule has 0 aliphatic carbocycles. The molecule has 2 aromatic heterocycles. The van der Waals surface area contributed by atoms with Crippen molar-refractivity contribution in [2.75, 3.05) is 0 Å². The summed E-state index contributed by atoms with van der Waals surface area (Å²) in [6.07, 6.45) is 8.27. The Bertz CT molecular complexity index is 465. The van der Waals surface area contributed by atoms with Gasteiger partial charge in [-0.15, -0.1) is 5.10 Å². The van der Waals surface area contributed by atoms with Gasteiger partial charge in [-0.3, -0.25) is 4.98 Å². The number of rotatable bonds is 6. The second kappa shape index (κ2) is 6.26. The Kier molecular flexibility index (Phi) is 4.41. The average molecular weight is 245 g/mol. The van der Waals surface area contributed by atoms with Crippen LogP contribution in [0.4, 0.5) is 0 Å². The summed E-state index contributed by atoms with van der Waals surface area (Å²) in [4.78, 5) is 4.10. The van der Waals surface area contributed by atoms with Gasteiger partial charge in [0.1, 0.15) is 0 Å². The number of hydrogen-bond donors (Lipinski definition) is 1. The minimum Gasteiger partial charge on any atom is -0.323 e. The van der Waals surface area contributed by atoms with Gasteiger partial charge in [0.2, 0.25) is 0 Å². The van der Waals surface area contributed by atoms with Gasteiger partial charge >= 0.3 is 0 Å². The molecule has 5 nitrogen and oxygen atoms in total. The van der Waals surface area contributed by atoms with Crippen LogP contribution >= 0.6 is 0 Å². The van der Waals surface area contributed by atoms with E-state index >= 15 is 0 Å². The first kappa shape index (κ1) is 12.7. The Hall–Kier alpha value is -1.75. The van der Waals surface area contributed by atoms with Gasteiger partial charge in [-0.25, -0.2) is 4.68 Å². The Morgan fingerprint density at radius 1 is 1.39 bits per heavy atom. The molecule has 0 amide bonds. The monoisotopic (exact) mass is 245 g/mol. The normalized spacial score (nSPS) is 12.6. The molecule has 1 unspecified atom stereocenters. The summed E-state index contributed by atoms with van der Waals surface area (Å²) >= 11 is 0. The second-order valence-electron chi connectivity index (χ2n) is 4.39. The quantitative estimate of drug-likeness (QED) is 0.841. The molecular formula is C13H19N5. The molecule has 0 spiro atoms. The largest absolute Gasteiger partial charge is 0.323 e. The average Bonchev–Trinajstić information content (AvgIpc) is 2.86. The van der Waals surface area contributed by atoms with E-state index in [4.69, 9.17) is 5.73 Å². The zero-order valence-electron chi connectivity index (χ0n) is 10.7. The number of aromatic nitrogens is 4. The Morgan fingerprint density at radius 3 is 3.00 bits per heavy atom. The molecule has 2 heterocycles. The summed E-state index contributed by atoms with van der Waals surface area (Å²) < 4.78 is 1.90. The molecule has 0 saturated heterocycles. The van der Waals surface area contributed by atoms with Gasteiger partial charge in [-0.1, -0.05) is 18.2 Å². The molecule has 0 aliphatic rings. The predicted molar refractivity (Wildman–Crippen MR) is 69.8 cm³/mol. The third-order valence-electron chi connectivity index (χ3n) is 2.93. The first-order chi connectivity index (χ1) is 8.81. The first-order valence-electron chi connectivity index (χ1n) is 6.34. The highest BCUT2D eigenvalue weighted by Gasteiger charge is 2.12. The number of nitrogens with zero attached hydrogens (tertiary/aromatic N) is 4. The van der Waals surface area contributed by atoms with Crippen LogP contribution in [0.3, 0.4) is 0 Å². The molecule has 0 saturated carbocycles. The van der Waals surface area contributed by atoms with Crippen molar-refractivity contribution in [2.24, 2.45) is 5.73 Å². The molecular weight excluding hydrogens is 226 g/mol. The Labute approximate surface area is 107 Å². The van der Waals surface area contributed by atoms with E-state index in [0.29, 0.717) is 0 Å². The highest BCUT2D eigenvalue weighted by atomic mass is 15.4. The zero-order valence-corrected chi connectivity index (χ0v) is 10.7. The lowest BCUT2D eigenvalue weighted by molar-refractivity contribution is 0.513. The fourth-order valence-corrected chi connectivity index (χ4v) is 1.95. The highest BCUT2D eigenvalue weighted by Crippen LogP contribution is 2.15. The van der Waals surface area contributed by atoms with Gasteiger partial charge in [0.05, 0.1) is 11.9 Å². The van der Waals surface area contributed by atoms with Crippen molar-refractivity contribution < 1.29 is 0 Å². The molecule has 18 heavy (non-hydrogen) atoms. The summed E-state index contributed by atoms with van der Waals surface area (Å²) in [6, 6.07) is 4.00. The molecule has 1 atom stereocenters. The SMILES string of the molecule is CCCn1nncc1C(N)CCc1cccnc1. The Morgan fingerprint density at radius 2 is 2.28 bits per heavy atom. The van der Waals surface area contributed by atoms with E-state index in [9.17, 15) is 0 Å². The maximum Gasteiger partial charge on any atom is 0.0754 e. The van der Waals surface area contributed by atoms with Crippen LogP contribution in [0.2, 0.25) is 0 Å². The Balaban J connectivity index is 1.95. The lowest BCUT2D eigenvalue weighted by atomic mass is 10.1. The lowest BCUT2D eigenvalue weighted by Crippen LogP contribution is -2.17. The predicted octanol–water partition coefficient (Wildman–Crippen LogP) is 1.72. The molecule has 2 aromatic rings. The molecule has 2 N–H and O–H groups in total. The third kappa shape index (κ3) is 3.13. The van der Waals surface area contributed by atoms with Crippen LogP contribution in [0.15, 0.2) is 30.7 Å². The number of nitrogens with two attached hydrogens (primary N) is 1. The van der Waals surface area contributed by atoms with Crippen molar-refractivity contribution in [1.82, 2.24) is 20.0 Å². The van der Waals surface area contributed by atoms with Gasteiger partial charge < -0.3 is 5.73 Å². The van der Waals surface area contributed by atoms with Crippen LogP contribution < -0.4 is 5.73 Å².